The molecule has 4 aromatic rings. The van der Waals surface area contributed by atoms with Crippen LogP contribution in [0.15, 0.2) is 24.3 Å². The van der Waals surface area contributed by atoms with Crippen molar-refractivity contribution in [2.24, 2.45) is 0 Å². The Morgan fingerprint density at radius 2 is 2.00 bits per heavy atom. The van der Waals surface area contributed by atoms with Gasteiger partial charge in [0, 0.05) is 5.92 Å². The first-order valence-electron chi connectivity index (χ1n) is 6.71. The predicted octanol–water partition coefficient (Wildman–Crippen LogP) is 2.10. The van der Waals surface area contributed by atoms with Crippen LogP contribution in [0.4, 0.5) is 0 Å². The first-order valence-corrected chi connectivity index (χ1v) is 7.53. The van der Waals surface area contributed by atoms with Gasteiger partial charge in [-0.2, -0.15) is 9.61 Å². The minimum absolute atomic E-state index is 0.294. The van der Waals surface area contributed by atoms with Gasteiger partial charge in [-0.05, 0) is 12.1 Å². The summed E-state index contributed by atoms with van der Waals surface area (Å²) in [6.07, 6.45) is 0. The molecule has 0 spiro atoms. The van der Waals surface area contributed by atoms with E-state index in [9.17, 15) is 0 Å². The third-order valence-electron chi connectivity index (χ3n) is 3.28. The summed E-state index contributed by atoms with van der Waals surface area (Å²) in [5, 5.41) is 22.2. The monoisotopic (exact) mass is 299 g/mol. The molecule has 0 aliphatic heterocycles. The number of fused-ring (bicyclic) bond motifs is 2. The highest BCUT2D eigenvalue weighted by molar-refractivity contribution is 7.16. The van der Waals surface area contributed by atoms with Gasteiger partial charge in [0.25, 0.3) is 0 Å². The van der Waals surface area contributed by atoms with Crippen molar-refractivity contribution in [1.29, 1.82) is 0 Å². The van der Waals surface area contributed by atoms with Crippen molar-refractivity contribution < 1.29 is 0 Å². The van der Waals surface area contributed by atoms with E-state index in [1.165, 1.54) is 11.3 Å². The van der Waals surface area contributed by atoms with E-state index < -0.39 is 0 Å². The lowest BCUT2D eigenvalue weighted by molar-refractivity contribution is 0.649. The number of aromatic nitrogens is 7. The van der Waals surface area contributed by atoms with Crippen LogP contribution in [0.1, 0.15) is 30.6 Å². The van der Waals surface area contributed by atoms with Crippen LogP contribution in [0.2, 0.25) is 0 Å². The van der Waals surface area contributed by atoms with Crippen LogP contribution in [0.3, 0.4) is 0 Å². The van der Waals surface area contributed by atoms with Crippen LogP contribution in [0, 0.1) is 0 Å². The summed E-state index contributed by atoms with van der Waals surface area (Å²) in [5.74, 6) is 1.18. The van der Waals surface area contributed by atoms with Gasteiger partial charge >= 0.3 is 0 Å². The van der Waals surface area contributed by atoms with E-state index in [-0.39, 0.29) is 0 Å². The number of nitrogens with zero attached hydrogens (tertiary/aromatic N) is 7. The minimum Gasteiger partial charge on any atom is -0.238 e. The fourth-order valence-corrected chi connectivity index (χ4v) is 3.08. The minimum atomic E-state index is 0.294. The van der Waals surface area contributed by atoms with Gasteiger partial charge in [-0.15, -0.1) is 15.3 Å². The molecule has 3 aromatic heterocycles. The molecule has 0 radical (unpaired) electrons. The van der Waals surface area contributed by atoms with Crippen LogP contribution in [0.5, 0.6) is 0 Å². The topological polar surface area (TPSA) is 73.8 Å². The van der Waals surface area contributed by atoms with Gasteiger partial charge < -0.3 is 0 Å². The zero-order chi connectivity index (χ0) is 14.4. The fourth-order valence-electron chi connectivity index (χ4n) is 2.26. The maximum Gasteiger partial charge on any atom is 0.234 e. The molecule has 106 valence electrons. The number of para-hydroxylation sites is 1. The molecule has 3 heterocycles. The molecule has 0 aliphatic carbocycles. The lowest BCUT2D eigenvalue weighted by Gasteiger charge is -1.99. The Bertz CT molecular complexity index is 917. The summed E-state index contributed by atoms with van der Waals surface area (Å²) < 4.78 is 3.68. The summed E-state index contributed by atoms with van der Waals surface area (Å²) in [6, 6.07) is 7.90. The van der Waals surface area contributed by atoms with E-state index in [0.29, 0.717) is 12.5 Å². The molecule has 0 amide bonds. The van der Waals surface area contributed by atoms with Crippen molar-refractivity contribution in [2.45, 2.75) is 26.3 Å². The molecule has 0 aliphatic rings. The Morgan fingerprint density at radius 1 is 1.14 bits per heavy atom. The molecule has 0 saturated heterocycles. The van der Waals surface area contributed by atoms with Crippen molar-refractivity contribution in [1.82, 2.24) is 34.8 Å². The SMILES string of the molecule is CC(C)c1nnc2sc(Cn3nnc4ccccc43)nn12. The Hall–Kier alpha value is -2.35. The second kappa shape index (κ2) is 4.59. The molecule has 0 bridgehead atoms. The first kappa shape index (κ1) is 12.4. The summed E-state index contributed by atoms with van der Waals surface area (Å²) in [4.78, 5) is 0.818. The molecule has 4 rings (SSSR count). The molecular formula is C13H13N7S. The largest absolute Gasteiger partial charge is 0.238 e. The summed E-state index contributed by atoms with van der Waals surface area (Å²) in [6.45, 7) is 4.76. The fraction of sp³-hybridized carbons (Fsp3) is 0.308. The van der Waals surface area contributed by atoms with Crippen LogP contribution in [-0.4, -0.2) is 34.8 Å². The molecule has 8 heteroatoms. The Labute approximate surface area is 124 Å². The number of benzene rings is 1. The highest BCUT2D eigenvalue weighted by Crippen LogP contribution is 2.20. The highest BCUT2D eigenvalue weighted by atomic mass is 32.1. The standard InChI is InChI=1S/C13H13N7S/c1-8(2)12-15-16-13-20(12)17-11(21-13)7-19-10-6-4-3-5-9(10)14-18-19/h3-6,8H,7H2,1-2H3. The van der Waals surface area contributed by atoms with Crippen LogP contribution in [-0.2, 0) is 6.54 Å². The summed E-state index contributed by atoms with van der Waals surface area (Å²) in [5.41, 5.74) is 1.90. The molecule has 7 nitrogen and oxygen atoms in total. The van der Waals surface area contributed by atoms with Gasteiger partial charge in [-0.25, -0.2) is 4.68 Å². The zero-order valence-electron chi connectivity index (χ0n) is 11.6. The van der Waals surface area contributed by atoms with E-state index in [2.05, 4.69) is 39.5 Å². The third-order valence-corrected chi connectivity index (χ3v) is 4.16. The molecule has 1 aromatic carbocycles. The van der Waals surface area contributed by atoms with E-state index in [4.69, 9.17) is 0 Å². The Balaban J connectivity index is 1.74. The molecule has 0 unspecified atom stereocenters. The quantitative estimate of drug-likeness (QED) is 0.579. The second-order valence-corrected chi connectivity index (χ2v) is 6.18. The molecule has 0 saturated carbocycles. The van der Waals surface area contributed by atoms with Gasteiger partial charge in [0.05, 0.1) is 12.1 Å². The zero-order valence-corrected chi connectivity index (χ0v) is 12.4. The Morgan fingerprint density at radius 3 is 2.86 bits per heavy atom. The molecular weight excluding hydrogens is 286 g/mol. The maximum absolute atomic E-state index is 4.60. The average Bonchev–Trinajstić information content (AvgIpc) is 3.13. The van der Waals surface area contributed by atoms with Crippen molar-refractivity contribution >= 4 is 27.3 Å². The number of hydrogen-bond acceptors (Lipinski definition) is 6. The maximum atomic E-state index is 4.60. The number of hydrogen-bond donors (Lipinski definition) is 0. The van der Waals surface area contributed by atoms with Crippen molar-refractivity contribution in [3.63, 3.8) is 0 Å². The van der Waals surface area contributed by atoms with Crippen LogP contribution < -0.4 is 0 Å². The molecule has 21 heavy (non-hydrogen) atoms. The Kier molecular flexibility index (Phi) is 2.71. The van der Waals surface area contributed by atoms with E-state index in [1.807, 2.05) is 33.5 Å². The second-order valence-electron chi connectivity index (χ2n) is 5.14. The lowest BCUT2D eigenvalue weighted by atomic mass is 10.2. The number of rotatable bonds is 3. The molecule has 0 fully saturated rings. The van der Waals surface area contributed by atoms with Crippen molar-refractivity contribution in [2.75, 3.05) is 0 Å². The van der Waals surface area contributed by atoms with Crippen LogP contribution >= 0.6 is 11.3 Å². The third kappa shape index (κ3) is 1.99. The van der Waals surface area contributed by atoms with E-state index in [0.717, 1.165) is 26.8 Å². The smallest absolute Gasteiger partial charge is 0.234 e. The summed E-state index contributed by atoms with van der Waals surface area (Å²) >= 11 is 1.53. The predicted molar refractivity (Wildman–Crippen MR) is 79.4 cm³/mol. The van der Waals surface area contributed by atoms with Crippen LogP contribution in [0.25, 0.3) is 16.0 Å². The van der Waals surface area contributed by atoms with Gasteiger partial charge in [0.1, 0.15) is 10.5 Å². The van der Waals surface area contributed by atoms with E-state index >= 15 is 0 Å². The summed E-state index contributed by atoms with van der Waals surface area (Å²) in [7, 11) is 0. The first-order chi connectivity index (χ1) is 10.2. The van der Waals surface area contributed by atoms with Gasteiger partial charge in [0.15, 0.2) is 5.82 Å². The highest BCUT2D eigenvalue weighted by Gasteiger charge is 2.15. The molecule has 0 atom stereocenters. The van der Waals surface area contributed by atoms with Gasteiger partial charge in [0.2, 0.25) is 4.96 Å². The van der Waals surface area contributed by atoms with Gasteiger partial charge in [-0.1, -0.05) is 42.5 Å². The normalized spacial score (nSPS) is 12.0. The lowest BCUT2D eigenvalue weighted by Crippen LogP contribution is -2.03. The van der Waals surface area contributed by atoms with E-state index in [1.54, 1.807) is 0 Å². The average molecular weight is 299 g/mol. The van der Waals surface area contributed by atoms with Gasteiger partial charge in [-0.3, -0.25) is 0 Å². The van der Waals surface area contributed by atoms with Crippen molar-refractivity contribution in [3.8, 4) is 0 Å². The molecule has 0 N–H and O–H groups in total. The van der Waals surface area contributed by atoms with Crippen molar-refractivity contribution in [3.05, 3.63) is 35.1 Å².